The average Bonchev–Trinajstić information content (AvgIpc) is 3.16. The number of aliphatic hydroxyl groups is 1. The Hall–Kier alpha value is -2.99. The van der Waals surface area contributed by atoms with E-state index in [1.165, 1.54) is 0 Å². The highest BCUT2D eigenvalue weighted by Crippen LogP contribution is 2.39. The number of carbonyl (C=O) groups excluding carboxylic acids is 1. The molecule has 1 atom stereocenters. The van der Waals surface area contributed by atoms with Crippen LogP contribution in [0.25, 0.3) is 10.9 Å². The van der Waals surface area contributed by atoms with E-state index in [1.807, 2.05) is 41.9 Å². The van der Waals surface area contributed by atoms with Crippen LogP contribution < -0.4 is 0 Å². The van der Waals surface area contributed by atoms with Gasteiger partial charge >= 0.3 is 5.97 Å². The van der Waals surface area contributed by atoms with Crippen LogP contribution in [0.4, 0.5) is 0 Å². The van der Waals surface area contributed by atoms with Gasteiger partial charge in [0.2, 0.25) is 0 Å². The molecule has 0 radical (unpaired) electrons. The Balaban J connectivity index is 1.86. The fraction of sp³-hybridized carbons (Fsp3) is 0.407. The van der Waals surface area contributed by atoms with Gasteiger partial charge in [0, 0.05) is 54.0 Å². The van der Waals surface area contributed by atoms with Crippen molar-refractivity contribution in [1.29, 1.82) is 5.26 Å². The standard InChI is InChI=1S/C27H31N3O4S/c1-3-34-27(33)25-23(17-35-20-9-5-4-6-10-20)29(2)22-12-19(13-28)26(32)21(24(22)25)15-30-11-7-8-18(14-30)16-31/h4-6,9-10,12,18,31-32H,3,7-8,11,14-17H2,1-2H3. The summed E-state index contributed by atoms with van der Waals surface area (Å²) in [5.41, 5.74) is 2.69. The monoisotopic (exact) mass is 493 g/mol. The van der Waals surface area contributed by atoms with Gasteiger partial charge in [-0.15, -0.1) is 11.8 Å². The number of benzene rings is 2. The number of carbonyl (C=O) groups is 1. The van der Waals surface area contributed by atoms with Crippen LogP contribution in [0, 0.1) is 17.2 Å². The number of aromatic hydroxyl groups is 1. The van der Waals surface area contributed by atoms with Crippen molar-refractivity contribution in [1.82, 2.24) is 9.47 Å². The van der Waals surface area contributed by atoms with Crippen LogP contribution in [0.2, 0.25) is 0 Å². The second kappa shape index (κ2) is 11.2. The largest absolute Gasteiger partial charge is 0.506 e. The molecule has 8 heteroatoms. The highest BCUT2D eigenvalue weighted by atomic mass is 32.2. The quantitative estimate of drug-likeness (QED) is 0.354. The van der Waals surface area contributed by atoms with Gasteiger partial charge < -0.3 is 19.5 Å². The number of phenolic OH excluding ortho intramolecular Hbond substituents is 1. The first-order valence-corrected chi connectivity index (χ1v) is 12.9. The lowest BCUT2D eigenvalue weighted by atomic mass is 9.96. The van der Waals surface area contributed by atoms with Crippen LogP contribution in [-0.2, 0) is 24.1 Å². The fourth-order valence-corrected chi connectivity index (χ4v) is 5.87. The highest BCUT2D eigenvalue weighted by molar-refractivity contribution is 7.98. The van der Waals surface area contributed by atoms with Crippen molar-refractivity contribution in [2.75, 3.05) is 26.3 Å². The maximum Gasteiger partial charge on any atom is 0.340 e. The maximum absolute atomic E-state index is 13.3. The number of nitriles is 1. The number of aryl methyl sites for hydroxylation is 1. The molecule has 1 unspecified atom stereocenters. The first-order chi connectivity index (χ1) is 17.0. The highest BCUT2D eigenvalue weighted by Gasteiger charge is 2.29. The number of nitrogens with zero attached hydrogens (tertiary/aromatic N) is 3. The van der Waals surface area contributed by atoms with Gasteiger partial charge in [0.1, 0.15) is 11.8 Å². The van der Waals surface area contributed by atoms with Crippen molar-refractivity contribution < 1.29 is 19.7 Å². The van der Waals surface area contributed by atoms with E-state index in [2.05, 4.69) is 11.0 Å². The molecule has 1 saturated heterocycles. The molecule has 7 nitrogen and oxygen atoms in total. The molecule has 2 N–H and O–H groups in total. The third-order valence-corrected chi connectivity index (χ3v) is 7.67. The van der Waals surface area contributed by atoms with E-state index in [-0.39, 0.29) is 30.4 Å². The number of ether oxygens (including phenoxy) is 1. The van der Waals surface area contributed by atoms with Crippen molar-refractivity contribution in [3.63, 3.8) is 0 Å². The second-order valence-electron chi connectivity index (χ2n) is 8.89. The molecule has 2 heterocycles. The molecule has 1 aliphatic rings. The third-order valence-electron chi connectivity index (χ3n) is 6.65. The molecule has 1 aromatic heterocycles. The van der Waals surface area contributed by atoms with Crippen LogP contribution >= 0.6 is 11.8 Å². The number of likely N-dealkylation sites (tertiary alicyclic amines) is 1. The number of phenols is 1. The van der Waals surface area contributed by atoms with Crippen LogP contribution in [0.3, 0.4) is 0 Å². The van der Waals surface area contributed by atoms with E-state index in [1.54, 1.807) is 24.8 Å². The van der Waals surface area contributed by atoms with Gasteiger partial charge in [-0.3, -0.25) is 4.90 Å². The zero-order valence-corrected chi connectivity index (χ0v) is 21.0. The molecule has 0 bridgehead atoms. The Labute approximate surface area is 209 Å². The van der Waals surface area contributed by atoms with E-state index in [4.69, 9.17) is 4.74 Å². The molecule has 3 aromatic rings. The van der Waals surface area contributed by atoms with Crippen molar-refractivity contribution in [2.24, 2.45) is 13.0 Å². The molecule has 0 amide bonds. The minimum Gasteiger partial charge on any atom is -0.506 e. The summed E-state index contributed by atoms with van der Waals surface area (Å²) >= 11 is 1.62. The summed E-state index contributed by atoms with van der Waals surface area (Å²) in [6.07, 6.45) is 1.92. The van der Waals surface area contributed by atoms with Gasteiger partial charge in [0.25, 0.3) is 0 Å². The van der Waals surface area contributed by atoms with Crippen LogP contribution in [0.1, 0.15) is 46.9 Å². The summed E-state index contributed by atoms with van der Waals surface area (Å²) in [4.78, 5) is 16.5. The Morgan fingerprint density at radius 1 is 1.31 bits per heavy atom. The van der Waals surface area contributed by atoms with Gasteiger partial charge in [0.15, 0.2) is 0 Å². The van der Waals surface area contributed by atoms with Gasteiger partial charge in [-0.25, -0.2) is 4.79 Å². The Morgan fingerprint density at radius 3 is 2.77 bits per heavy atom. The Bertz CT molecular complexity index is 1250. The molecule has 2 aromatic carbocycles. The molecule has 0 aliphatic carbocycles. The molecule has 0 saturated carbocycles. The molecule has 35 heavy (non-hydrogen) atoms. The minimum absolute atomic E-state index is 0.0930. The van der Waals surface area contributed by atoms with Gasteiger partial charge in [0.05, 0.1) is 23.3 Å². The number of hydrogen-bond acceptors (Lipinski definition) is 7. The summed E-state index contributed by atoms with van der Waals surface area (Å²) < 4.78 is 7.40. The molecular weight excluding hydrogens is 462 g/mol. The Kier molecular flexibility index (Phi) is 8.01. The second-order valence-corrected chi connectivity index (χ2v) is 9.93. The molecule has 184 valence electrons. The topological polar surface area (TPSA) is 98.7 Å². The van der Waals surface area contributed by atoms with Crippen molar-refractivity contribution >= 4 is 28.6 Å². The first kappa shape index (κ1) is 25.1. The lowest BCUT2D eigenvalue weighted by molar-refractivity contribution is 0.0527. The van der Waals surface area contributed by atoms with Gasteiger partial charge in [-0.05, 0) is 50.4 Å². The first-order valence-electron chi connectivity index (χ1n) is 11.9. The predicted octanol–water partition coefficient (Wildman–Crippen LogP) is 4.43. The van der Waals surface area contributed by atoms with Crippen LogP contribution in [0.5, 0.6) is 5.75 Å². The van der Waals surface area contributed by atoms with E-state index in [9.17, 15) is 20.3 Å². The van der Waals surface area contributed by atoms with Crippen LogP contribution in [-0.4, -0.2) is 52.0 Å². The van der Waals surface area contributed by atoms with E-state index in [0.717, 1.165) is 35.5 Å². The Morgan fingerprint density at radius 2 is 2.09 bits per heavy atom. The normalized spacial score (nSPS) is 16.3. The third kappa shape index (κ3) is 5.18. The summed E-state index contributed by atoms with van der Waals surface area (Å²) in [6.45, 7) is 4.05. The van der Waals surface area contributed by atoms with Gasteiger partial charge in [-0.1, -0.05) is 18.2 Å². The maximum atomic E-state index is 13.3. The number of hydrogen-bond donors (Lipinski definition) is 2. The lowest BCUT2D eigenvalue weighted by Crippen LogP contribution is -2.36. The zero-order chi connectivity index (χ0) is 24.9. The van der Waals surface area contributed by atoms with Crippen molar-refractivity contribution in [3.8, 4) is 11.8 Å². The van der Waals surface area contributed by atoms with Crippen molar-refractivity contribution in [2.45, 2.75) is 37.0 Å². The molecule has 1 fully saturated rings. The zero-order valence-electron chi connectivity index (χ0n) is 20.2. The van der Waals surface area contributed by atoms with E-state index in [0.29, 0.717) is 35.4 Å². The van der Waals surface area contributed by atoms with Gasteiger partial charge in [-0.2, -0.15) is 5.26 Å². The molecule has 1 aliphatic heterocycles. The lowest BCUT2D eigenvalue weighted by Gasteiger charge is -2.32. The summed E-state index contributed by atoms with van der Waals surface area (Å²) in [5.74, 6) is 0.184. The number of piperidine rings is 1. The van der Waals surface area contributed by atoms with E-state index >= 15 is 0 Å². The van der Waals surface area contributed by atoms with Crippen LogP contribution in [0.15, 0.2) is 41.3 Å². The fourth-order valence-electron chi connectivity index (χ4n) is 4.88. The number of esters is 1. The summed E-state index contributed by atoms with van der Waals surface area (Å²) in [5, 5.41) is 31.2. The number of thioether (sulfide) groups is 1. The molecule has 0 spiro atoms. The number of aliphatic hydroxyl groups excluding tert-OH is 1. The van der Waals surface area contributed by atoms with E-state index < -0.39 is 5.97 Å². The number of fused-ring (bicyclic) bond motifs is 1. The number of rotatable bonds is 8. The molecular formula is C27H31N3O4S. The smallest absolute Gasteiger partial charge is 0.340 e. The summed E-state index contributed by atoms with van der Waals surface area (Å²) in [7, 11) is 1.89. The predicted molar refractivity (Wildman–Crippen MR) is 136 cm³/mol. The minimum atomic E-state index is -0.431. The number of aromatic nitrogens is 1. The molecule has 4 rings (SSSR count). The van der Waals surface area contributed by atoms with Crippen molar-refractivity contribution in [3.05, 3.63) is 58.8 Å². The SMILES string of the molecule is CCOC(=O)c1c(CSc2ccccc2)n(C)c2cc(C#N)c(O)c(CN3CCCC(CO)C3)c12. The summed E-state index contributed by atoms with van der Waals surface area (Å²) in [6, 6.07) is 13.7. The average molecular weight is 494 g/mol.